The molecule has 3 aromatic rings. The molecule has 1 atom stereocenters. The second kappa shape index (κ2) is 17.1. The maximum Gasteiger partial charge on any atom is 0.564 e. The third-order valence-electron chi connectivity index (χ3n) is 8.31. The van der Waals surface area contributed by atoms with Crippen LogP contribution in [0.5, 0.6) is 11.5 Å². The Morgan fingerprint density at radius 2 is 1.28 bits per heavy atom. The fraction of sp³-hybridized carbons (Fsp3) is 0.444. The van der Waals surface area contributed by atoms with Gasteiger partial charge in [0.05, 0.1) is 0 Å². The maximum absolute atomic E-state index is 14.1. The number of phosphoric acid groups is 1. The molecule has 0 aliphatic carbocycles. The lowest BCUT2D eigenvalue weighted by molar-refractivity contribution is -0.148. The van der Waals surface area contributed by atoms with Crippen LogP contribution in [0.1, 0.15) is 68.1 Å². The molecule has 2 saturated heterocycles. The molecular formula is C36H47BrN3O5P. The van der Waals surface area contributed by atoms with E-state index in [4.69, 9.17) is 18.5 Å². The van der Waals surface area contributed by atoms with Crippen LogP contribution in [-0.4, -0.2) is 68.5 Å². The van der Waals surface area contributed by atoms with Gasteiger partial charge in [-0.15, -0.1) is 0 Å². The zero-order chi connectivity index (χ0) is 32.4. The quantitative estimate of drug-likeness (QED) is 0.154. The van der Waals surface area contributed by atoms with Crippen molar-refractivity contribution in [2.75, 3.05) is 53.4 Å². The summed E-state index contributed by atoms with van der Waals surface area (Å²) in [5, 5.41) is 3.48. The molecule has 8 nitrogen and oxygen atoms in total. The van der Waals surface area contributed by atoms with Gasteiger partial charge in [-0.25, -0.2) is 4.57 Å². The van der Waals surface area contributed by atoms with Gasteiger partial charge in [0.25, 0.3) is 0 Å². The van der Waals surface area contributed by atoms with Crippen LogP contribution in [0.4, 0.5) is 0 Å². The molecule has 3 aromatic carbocycles. The van der Waals surface area contributed by atoms with E-state index >= 15 is 0 Å². The molecular weight excluding hydrogens is 665 g/mol. The van der Waals surface area contributed by atoms with Gasteiger partial charge in [-0.3, -0.25) is 0 Å². The first kappa shape index (κ1) is 34.8. The molecule has 0 radical (unpaired) electrons. The number of hydrogen-bond acceptors (Lipinski definition) is 8. The third-order valence-corrected chi connectivity index (χ3v) is 10.1. The molecule has 0 aromatic heterocycles. The summed E-state index contributed by atoms with van der Waals surface area (Å²) in [5.74, 6) is 1.23. The Kier molecular flexibility index (Phi) is 12.9. The second-order valence-electron chi connectivity index (χ2n) is 12.2. The van der Waals surface area contributed by atoms with Crippen molar-refractivity contribution in [1.82, 2.24) is 15.0 Å². The minimum atomic E-state index is -3.95. The van der Waals surface area contributed by atoms with Crippen LogP contribution in [0, 0.1) is 0 Å². The molecule has 0 N–H and O–H groups in total. The lowest BCUT2D eigenvalue weighted by Gasteiger charge is -2.32. The minimum Gasteiger partial charge on any atom is -0.492 e. The Balaban J connectivity index is 1.40. The zero-order valence-corrected chi connectivity index (χ0v) is 29.8. The number of benzene rings is 3. The Labute approximate surface area is 282 Å². The fourth-order valence-corrected chi connectivity index (χ4v) is 7.50. The topological polar surface area (TPSA) is 63.7 Å². The third kappa shape index (κ3) is 10.0. The van der Waals surface area contributed by atoms with Crippen molar-refractivity contribution in [3.63, 3.8) is 0 Å². The first-order chi connectivity index (χ1) is 22.3. The van der Waals surface area contributed by atoms with Gasteiger partial charge < -0.3 is 14.2 Å². The van der Waals surface area contributed by atoms with E-state index in [2.05, 4.69) is 70.2 Å². The maximum atomic E-state index is 14.1. The summed E-state index contributed by atoms with van der Waals surface area (Å²) >= 11 is 3.58. The lowest BCUT2D eigenvalue weighted by Crippen LogP contribution is -2.34. The monoisotopic (exact) mass is 711 g/mol. The number of nitrogens with zero attached hydrogens (tertiary/aromatic N) is 3. The number of halogens is 1. The summed E-state index contributed by atoms with van der Waals surface area (Å²) in [4.78, 5) is 2.10. The van der Waals surface area contributed by atoms with Gasteiger partial charge in [-0.1, -0.05) is 71.2 Å². The largest absolute Gasteiger partial charge is 0.564 e. The van der Waals surface area contributed by atoms with Crippen LogP contribution in [-0.2, 0) is 13.8 Å². The first-order valence-electron chi connectivity index (χ1n) is 16.4. The summed E-state index contributed by atoms with van der Waals surface area (Å²) in [7, 11) is 0.121. The normalized spacial score (nSPS) is 17.6. The molecule has 0 amide bonds. The number of likely N-dealkylation sites (N-methyl/N-ethyl adjacent to an activating group) is 1. The number of allylic oxidation sites excluding steroid dienone is 2. The van der Waals surface area contributed by atoms with Gasteiger partial charge in [0.2, 0.25) is 0 Å². The number of rotatable bonds is 14. The molecule has 10 heteroatoms. The average molecular weight is 713 g/mol. The average Bonchev–Trinajstić information content (AvgIpc) is 3.06. The van der Waals surface area contributed by atoms with E-state index in [9.17, 15) is 4.57 Å². The Morgan fingerprint density at radius 3 is 1.76 bits per heavy atom. The van der Waals surface area contributed by atoms with Gasteiger partial charge in [0, 0.05) is 43.1 Å². The van der Waals surface area contributed by atoms with Crippen molar-refractivity contribution in [1.29, 1.82) is 0 Å². The Hall–Kier alpha value is -2.49. The molecule has 0 saturated carbocycles. The molecule has 2 aliphatic heterocycles. The van der Waals surface area contributed by atoms with E-state index in [1.165, 1.54) is 5.57 Å². The molecule has 2 heterocycles. The molecule has 1 unspecified atom stereocenters. The van der Waals surface area contributed by atoms with Gasteiger partial charge in [-0.05, 0) is 105 Å². The zero-order valence-electron chi connectivity index (χ0n) is 27.3. The van der Waals surface area contributed by atoms with Crippen molar-refractivity contribution in [3.05, 3.63) is 100 Å². The van der Waals surface area contributed by atoms with Crippen molar-refractivity contribution >= 4 is 29.3 Å². The van der Waals surface area contributed by atoms with Gasteiger partial charge in [0.1, 0.15) is 18.1 Å². The molecule has 2 fully saturated rings. The summed E-state index contributed by atoms with van der Waals surface area (Å²) in [5.41, 5.74) is 4.53. The molecule has 2 aliphatic rings. The standard InChI is InChI=1S/C36H47BrN3O5P/c1-4-35(29-11-17-32(37)18-12-29)36(30-13-19-33(20-14-30)42-28-27-38(2)3)31-15-21-34(22-16-31)43-46(41,44-39-23-7-5-8-24-39)45-40-25-9-6-10-26-40/h4,11-22,36H,5-10,23-28H2,1-3H3/b35-4+. The highest BCUT2D eigenvalue weighted by molar-refractivity contribution is 9.10. The van der Waals surface area contributed by atoms with E-state index in [0.717, 1.165) is 72.0 Å². The van der Waals surface area contributed by atoms with Gasteiger partial charge >= 0.3 is 7.82 Å². The van der Waals surface area contributed by atoms with E-state index in [-0.39, 0.29) is 5.92 Å². The molecule has 248 valence electrons. The molecule has 46 heavy (non-hydrogen) atoms. The predicted molar refractivity (Wildman–Crippen MR) is 188 cm³/mol. The van der Waals surface area contributed by atoms with Gasteiger partial charge in [-0.2, -0.15) is 19.4 Å². The molecule has 0 spiro atoms. The van der Waals surface area contributed by atoms with E-state index in [1.54, 1.807) is 10.1 Å². The second-order valence-corrected chi connectivity index (χ2v) is 14.5. The summed E-state index contributed by atoms with van der Waals surface area (Å²) in [6.07, 6.45) is 8.43. The smallest absolute Gasteiger partial charge is 0.492 e. The van der Waals surface area contributed by atoms with E-state index < -0.39 is 7.82 Å². The summed E-state index contributed by atoms with van der Waals surface area (Å²) < 4.78 is 39.2. The van der Waals surface area contributed by atoms with Crippen molar-refractivity contribution < 1.29 is 23.1 Å². The Bertz CT molecular complexity index is 1410. The first-order valence-corrected chi connectivity index (χ1v) is 18.7. The van der Waals surface area contributed by atoms with Crippen LogP contribution in [0.25, 0.3) is 5.57 Å². The number of hydrogen-bond donors (Lipinski definition) is 0. The SMILES string of the molecule is C/C=C(\c1ccc(Br)cc1)C(c1ccc(OCCN(C)C)cc1)c1ccc(OP(=O)(ON2CCCCC2)ON2CCCCC2)cc1. The fourth-order valence-electron chi connectivity index (χ4n) is 5.87. The number of piperidine rings is 2. The summed E-state index contributed by atoms with van der Waals surface area (Å²) in [6, 6.07) is 24.5. The number of ether oxygens (including phenoxy) is 1. The van der Waals surface area contributed by atoms with Gasteiger partial charge in [0.15, 0.2) is 0 Å². The van der Waals surface area contributed by atoms with Crippen LogP contribution in [0.3, 0.4) is 0 Å². The lowest BCUT2D eigenvalue weighted by atomic mass is 9.81. The molecule has 0 bridgehead atoms. The van der Waals surface area contributed by atoms with Crippen LogP contribution in [0.2, 0.25) is 0 Å². The minimum absolute atomic E-state index is 0.0583. The van der Waals surface area contributed by atoms with E-state index in [1.807, 2.05) is 50.5 Å². The van der Waals surface area contributed by atoms with Crippen molar-refractivity contribution in [2.45, 2.75) is 51.4 Å². The number of hydroxylamine groups is 4. The highest BCUT2D eigenvalue weighted by atomic mass is 79.9. The van der Waals surface area contributed by atoms with Crippen molar-refractivity contribution in [2.24, 2.45) is 0 Å². The van der Waals surface area contributed by atoms with Crippen LogP contribution < -0.4 is 9.26 Å². The predicted octanol–water partition coefficient (Wildman–Crippen LogP) is 8.95. The van der Waals surface area contributed by atoms with Crippen LogP contribution in [0.15, 0.2) is 83.3 Å². The van der Waals surface area contributed by atoms with Crippen LogP contribution >= 0.6 is 23.8 Å². The van der Waals surface area contributed by atoms with E-state index in [0.29, 0.717) is 38.5 Å². The summed E-state index contributed by atoms with van der Waals surface area (Å²) in [6.45, 7) is 6.38. The molecule has 5 rings (SSSR count). The highest BCUT2D eigenvalue weighted by Crippen LogP contribution is 2.52. The highest BCUT2D eigenvalue weighted by Gasteiger charge is 2.37. The van der Waals surface area contributed by atoms with Crippen molar-refractivity contribution in [3.8, 4) is 11.5 Å². The Morgan fingerprint density at radius 1 is 0.783 bits per heavy atom.